The summed E-state index contributed by atoms with van der Waals surface area (Å²) in [6, 6.07) is 7.92. The van der Waals surface area contributed by atoms with Gasteiger partial charge >= 0.3 is 0 Å². The maximum Gasteiger partial charge on any atom is 0.274 e. The molecule has 2 fully saturated rings. The van der Waals surface area contributed by atoms with Crippen molar-refractivity contribution in [3.8, 4) is 0 Å². The topological polar surface area (TPSA) is 87.5 Å². The number of piperidine rings is 1. The molecule has 0 spiro atoms. The molecular weight excluding hydrogens is 418 g/mol. The molecule has 8 heteroatoms. The van der Waals surface area contributed by atoms with Crippen LogP contribution >= 0.6 is 0 Å². The van der Waals surface area contributed by atoms with Crippen LogP contribution in [-0.2, 0) is 24.8 Å². The lowest BCUT2D eigenvalue weighted by Crippen LogP contribution is -2.46. The van der Waals surface area contributed by atoms with Crippen molar-refractivity contribution in [3.05, 3.63) is 52.3 Å². The van der Waals surface area contributed by atoms with Crippen molar-refractivity contribution in [2.45, 2.75) is 51.6 Å². The minimum atomic E-state index is -0.165. The van der Waals surface area contributed by atoms with E-state index in [-0.39, 0.29) is 23.6 Å². The predicted molar refractivity (Wildman–Crippen MR) is 123 cm³/mol. The molecule has 0 unspecified atom stereocenters. The molecule has 3 amide bonds. The Morgan fingerprint density at radius 1 is 1.06 bits per heavy atom. The van der Waals surface area contributed by atoms with Gasteiger partial charge in [0.2, 0.25) is 5.91 Å². The number of hydrogen-bond acceptors (Lipinski definition) is 4. The van der Waals surface area contributed by atoms with E-state index < -0.39 is 0 Å². The number of carbonyl (C=O) groups excluding carboxylic acids is 3. The van der Waals surface area contributed by atoms with Gasteiger partial charge in [-0.15, -0.1) is 0 Å². The summed E-state index contributed by atoms with van der Waals surface area (Å²) in [6.07, 6.45) is 4.39. The molecule has 1 N–H and O–H groups in total. The van der Waals surface area contributed by atoms with Crippen molar-refractivity contribution in [2.75, 3.05) is 19.6 Å². The SMILES string of the molecule is Cc1cccc(C(=O)N2CCc3c(c(C(=O)N4CCC[C@H](C(=O)NC5CC5)C4)nn3C)C2)c1. The molecule has 1 aliphatic carbocycles. The van der Waals surface area contributed by atoms with E-state index in [2.05, 4.69) is 10.4 Å². The quantitative estimate of drug-likeness (QED) is 0.774. The van der Waals surface area contributed by atoms with Crippen LogP contribution < -0.4 is 5.32 Å². The van der Waals surface area contributed by atoms with E-state index in [1.807, 2.05) is 38.2 Å². The Hall–Kier alpha value is -3.16. The van der Waals surface area contributed by atoms with Crippen molar-refractivity contribution < 1.29 is 14.4 Å². The molecule has 5 rings (SSSR count). The summed E-state index contributed by atoms with van der Waals surface area (Å²) in [5, 5.41) is 7.64. The highest BCUT2D eigenvalue weighted by molar-refractivity contribution is 5.96. The average molecular weight is 450 g/mol. The summed E-state index contributed by atoms with van der Waals surface area (Å²) in [4.78, 5) is 42.7. The van der Waals surface area contributed by atoms with Crippen molar-refractivity contribution in [3.63, 3.8) is 0 Å². The number of likely N-dealkylation sites (tertiary alicyclic amines) is 1. The zero-order valence-corrected chi connectivity index (χ0v) is 19.3. The van der Waals surface area contributed by atoms with Crippen molar-refractivity contribution in [2.24, 2.45) is 13.0 Å². The van der Waals surface area contributed by atoms with Crippen LogP contribution in [0.5, 0.6) is 0 Å². The molecule has 1 saturated heterocycles. The molecule has 33 heavy (non-hydrogen) atoms. The monoisotopic (exact) mass is 449 g/mol. The Balaban J connectivity index is 1.33. The normalized spacial score (nSPS) is 20.4. The van der Waals surface area contributed by atoms with Crippen molar-refractivity contribution in [1.29, 1.82) is 0 Å². The fourth-order valence-corrected chi connectivity index (χ4v) is 4.97. The predicted octanol–water partition coefficient (Wildman–Crippen LogP) is 2.06. The first-order valence-corrected chi connectivity index (χ1v) is 11.9. The number of carbonyl (C=O) groups is 3. The third-order valence-corrected chi connectivity index (χ3v) is 7.00. The van der Waals surface area contributed by atoms with E-state index in [9.17, 15) is 14.4 Å². The summed E-state index contributed by atoms with van der Waals surface area (Å²) in [7, 11) is 1.86. The van der Waals surface area contributed by atoms with E-state index in [1.165, 1.54) is 0 Å². The van der Waals surface area contributed by atoms with Gasteiger partial charge in [0.25, 0.3) is 11.8 Å². The Bertz CT molecular complexity index is 1100. The fourth-order valence-electron chi connectivity index (χ4n) is 4.97. The van der Waals surface area contributed by atoms with E-state index in [0.717, 1.165) is 42.5 Å². The van der Waals surface area contributed by atoms with Gasteiger partial charge in [-0.1, -0.05) is 17.7 Å². The van der Waals surface area contributed by atoms with Gasteiger partial charge in [0.15, 0.2) is 5.69 Å². The first-order valence-electron chi connectivity index (χ1n) is 11.9. The van der Waals surface area contributed by atoms with Gasteiger partial charge < -0.3 is 15.1 Å². The third-order valence-electron chi connectivity index (χ3n) is 7.00. The van der Waals surface area contributed by atoms with Crippen molar-refractivity contribution in [1.82, 2.24) is 24.9 Å². The highest BCUT2D eigenvalue weighted by Gasteiger charge is 2.35. The van der Waals surface area contributed by atoms with Crippen LogP contribution in [0, 0.1) is 12.8 Å². The summed E-state index contributed by atoms with van der Waals surface area (Å²) >= 11 is 0. The number of fused-ring (bicyclic) bond motifs is 1. The van der Waals surface area contributed by atoms with Crippen LogP contribution in [-0.4, -0.2) is 63.0 Å². The van der Waals surface area contributed by atoms with Gasteiger partial charge in [-0.3, -0.25) is 19.1 Å². The first-order chi connectivity index (χ1) is 15.9. The standard InChI is InChI=1S/C25H31N5O3/c1-16-5-3-6-17(13-16)24(32)30-12-10-21-20(15-30)22(27-28(21)2)25(33)29-11-4-7-18(14-29)23(31)26-19-8-9-19/h3,5-6,13,18-19H,4,7-12,14-15H2,1-2H3,(H,26,31)/t18-/m0/s1. The summed E-state index contributed by atoms with van der Waals surface area (Å²) in [6.45, 7) is 3.99. The van der Waals surface area contributed by atoms with E-state index in [0.29, 0.717) is 49.9 Å². The van der Waals surface area contributed by atoms with Crippen LogP contribution in [0.2, 0.25) is 0 Å². The molecule has 1 aromatic heterocycles. The molecule has 174 valence electrons. The first kappa shape index (κ1) is 21.7. The number of amides is 3. The molecule has 0 bridgehead atoms. The molecule has 0 radical (unpaired) electrons. The van der Waals surface area contributed by atoms with Gasteiger partial charge in [0.05, 0.1) is 12.5 Å². The minimum Gasteiger partial charge on any atom is -0.353 e. The number of hydrogen-bond donors (Lipinski definition) is 1. The number of nitrogens with one attached hydrogen (secondary N) is 1. The highest BCUT2D eigenvalue weighted by Crippen LogP contribution is 2.27. The van der Waals surface area contributed by atoms with Gasteiger partial charge in [-0.05, 0) is 44.7 Å². The number of nitrogens with zero attached hydrogens (tertiary/aromatic N) is 4. The second-order valence-corrected chi connectivity index (χ2v) is 9.62. The lowest BCUT2D eigenvalue weighted by Gasteiger charge is -2.32. The van der Waals surface area contributed by atoms with Gasteiger partial charge in [0.1, 0.15) is 0 Å². The van der Waals surface area contributed by atoms with Crippen LogP contribution in [0.1, 0.15) is 63.4 Å². The number of aryl methyl sites for hydroxylation is 2. The fraction of sp³-hybridized carbons (Fsp3) is 0.520. The van der Waals surface area contributed by atoms with Crippen LogP contribution in [0.3, 0.4) is 0 Å². The zero-order valence-electron chi connectivity index (χ0n) is 19.3. The largest absolute Gasteiger partial charge is 0.353 e. The lowest BCUT2D eigenvalue weighted by atomic mass is 9.96. The van der Waals surface area contributed by atoms with Crippen LogP contribution in [0.15, 0.2) is 24.3 Å². The summed E-state index contributed by atoms with van der Waals surface area (Å²) in [5.41, 5.74) is 3.96. The van der Waals surface area contributed by atoms with Gasteiger partial charge in [0, 0.05) is 56.0 Å². The number of rotatable bonds is 4. The molecule has 3 heterocycles. The average Bonchev–Trinajstić information content (AvgIpc) is 3.59. The molecule has 1 saturated carbocycles. The second kappa shape index (κ2) is 8.65. The van der Waals surface area contributed by atoms with E-state index in [1.54, 1.807) is 14.5 Å². The molecule has 1 atom stereocenters. The number of benzene rings is 1. The van der Waals surface area contributed by atoms with Crippen LogP contribution in [0.25, 0.3) is 0 Å². The van der Waals surface area contributed by atoms with Gasteiger partial charge in [-0.2, -0.15) is 5.10 Å². The zero-order chi connectivity index (χ0) is 23.1. The Morgan fingerprint density at radius 2 is 1.88 bits per heavy atom. The summed E-state index contributed by atoms with van der Waals surface area (Å²) < 4.78 is 1.78. The lowest BCUT2D eigenvalue weighted by molar-refractivity contribution is -0.126. The molecule has 2 aromatic rings. The minimum absolute atomic E-state index is 0.0265. The molecule has 3 aliphatic rings. The molecule has 2 aliphatic heterocycles. The Kier molecular flexibility index (Phi) is 5.68. The Morgan fingerprint density at radius 3 is 2.64 bits per heavy atom. The number of aromatic nitrogens is 2. The summed E-state index contributed by atoms with van der Waals surface area (Å²) in [5.74, 6) is -0.266. The maximum atomic E-state index is 13.5. The van der Waals surface area contributed by atoms with Crippen LogP contribution in [0.4, 0.5) is 0 Å². The molecular formula is C25H31N5O3. The van der Waals surface area contributed by atoms with Gasteiger partial charge in [-0.25, -0.2) is 0 Å². The third kappa shape index (κ3) is 4.38. The molecule has 1 aromatic carbocycles. The van der Waals surface area contributed by atoms with Crippen molar-refractivity contribution >= 4 is 17.7 Å². The van der Waals surface area contributed by atoms with E-state index >= 15 is 0 Å². The Labute approximate surface area is 193 Å². The second-order valence-electron chi connectivity index (χ2n) is 9.62. The van der Waals surface area contributed by atoms with E-state index in [4.69, 9.17) is 0 Å². The maximum absolute atomic E-state index is 13.5. The smallest absolute Gasteiger partial charge is 0.274 e. The highest BCUT2D eigenvalue weighted by atomic mass is 16.2. The molecule has 8 nitrogen and oxygen atoms in total.